The zero-order valence-corrected chi connectivity index (χ0v) is 10.4. The van der Waals surface area contributed by atoms with Crippen molar-refractivity contribution in [2.75, 3.05) is 6.61 Å². The largest absolute Gasteiger partial charge is 0.493 e. The monoisotopic (exact) mass is 222 g/mol. The number of rotatable bonds is 6. The van der Waals surface area contributed by atoms with Crippen LogP contribution in [-0.4, -0.2) is 11.7 Å². The molecular formula is C14H22O2. The molecule has 0 heterocycles. The third-order valence-corrected chi connectivity index (χ3v) is 2.62. The summed E-state index contributed by atoms with van der Waals surface area (Å²) >= 11 is 0. The van der Waals surface area contributed by atoms with E-state index in [4.69, 9.17) is 4.74 Å². The average molecular weight is 222 g/mol. The summed E-state index contributed by atoms with van der Waals surface area (Å²) in [7, 11) is 0. The molecule has 0 aliphatic heterocycles. The maximum Gasteiger partial charge on any atom is 0.125 e. The minimum atomic E-state index is -0.421. The molecule has 1 rings (SSSR count). The van der Waals surface area contributed by atoms with Crippen molar-refractivity contribution in [1.82, 2.24) is 0 Å². The Kier molecular flexibility index (Phi) is 5.33. The van der Waals surface area contributed by atoms with Gasteiger partial charge < -0.3 is 9.84 Å². The molecule has 2 heteroatoms. The molecule has 1 unspecified atom stereocenters. The second-order valence-corrected chi connectivity index (χ2v) is 4.49. The fraction of sp³-hybridized carbons (Fsp3) is 0.571. The van der Waals surface area contributed by atoms with E-state index in [0.717, 1.165) is 17.7 Å². The number of hydrogen-bond acceptors (Lipinski definition) is 2. The van der Waals surface area contributed by atoms with Gasteiger partial charge in [0.15, 0.2) is 0 Å². The molecule has 2 nitrogen and oxygen atoms in total. The maximum atomic E-state index is 9.84. The van der Waals surface area contributed by atoms with E-state index in [1.54, 1.807) is 0 Å². The summed E-state index contributed by atoms with van der Waals surface area (Å²) in [6.07, 6.45) is 1.33. The number of benzene rings is 1. The fourth-order valence-corrected chi connectivity index (χ4v) is 1.51. The molecule has 0 bridgehead atoms. The van der Waals surface area contributed by atoms with Gasteiger partial charge in [-0.3, -0.25) is 0 Å². The van der Waals surface area contributed by atoms with Crippen LogP contribution in [0.25, 0.3) is 0 Å². The minimum absolute atomic E-state index is 0.421. The molecule has 0 radical (unpaired) electrons. The SMILES string of the molecule is CCC(O)c1ccccc1OCCC(C)C. The molecule has 1 atom stereocenters. The van der Waals surface area contributed by atoms with Crippen molar-refractivity contribution in [2.45, 2.75) is 39.7 Å². The molecular weight excluding hydrogens is 200 g/mol. The first-order chi connectivity index (χ1) is 7.65. The van der Waals surface area contributed by atoms with Crippen LogP contribution in [0.2, 0.25) is 0 Å². The minimum Gasteiger partial charge on any atom is -0.493 e. The Labute approximate surface area is 98.3 Å². The van der Waals surface area contributed by atoms with Gasteiger partial charge in [0.25, 0.3) is 0 Å². The molecule has 16 heavy (non-hydrogen) atoms. The molecule has 1 aromatic rings. The topological polar surface area (TPSA) is 29.5 Å². The van der Waals surface area contributed by atoms with Gasteiger partial charge in [0.2, 0.25) is 0 Å². The van der Waals surface area contributed by atoms with Gasteiger partial charge >= 0.3 is 0 Å². The molecule has 1 N–H and O–H groups in total. The lowest BCUT2D eigenvalue weighted by atomic mass is 10.1. The molecule has 0 fully saturated rings. The highest BCUT2D eigenvalue weighted by atomic mass is 16.5. The fourth-order valence-electron chi connectivity index (χ4n) is 1.51. The quantitative estimate of drug-likeness (QED) is 0.797. The van der Waals surface area contributed by atoms with Crippen LogP contribution in [0.15, 0.2) is 24.3 Å². The number of hydrogen-bond donors (Lipinski definition) is 1. The van der Waals surface area contributed by atoms with Gasteiger partial charge in [-0.2, -0.15) is 0 Å². The van der Waals surface area contributed by atoms with Crippen LogP contribution in [0.5, 0.6) is 5.75 Å². The molecule has 0 aliphatic carbocycles. The molecule has 90 valence electrons. The maximum absolute atomic E-state index is 9.84. The van der Waals surface area contributed by atoms with Crippen molar-refractivity contribution in [3.63, 3.8) is 0 Å². The predicted molar refractivity (Wildman–Crippen MR) is 66.6 cm³/mol. The summed E-state index contributed by atoms with van der Waals surface area (Å²) in [6, 6.07) is 7.73. The van der Waals surface area contributed by atoms with Gasteiger partial charge in [-0.05, 0) is 24.8 Å². The van der Waals surface area contributed by atoms with Gasteiger partial charge in [0.1, 0.15) is 5.75 Å². The summed E-state index contributed by atoms with van der Waals surface area (Å²) in [5.41, 5.74) is 0.897. The lowest BCUT2D eigenvalue weighted by Gasteiger charge is -2.15. The Balaban J connectivity index is 2.64. The second-order valence-electron chi connectivity index (χ2n) is 4.49. The number of aliphatic hydroxyl groups excluding tert-OH is 1. The first-order valence-corrected chi connectivity index (χ1v) is 6.05. The van der Waals surface area contributed by atoms with E-state index in [2.05, 4.69) is 13.8 Å². The van der Waals surface area contributed by atoms with Crippen LogP contribution in [0.3, 0.4) is 0 Å². The van der Waals surface area contributed by atoms with Crippen LogP contribution in [0, 0.1) is 5.92 Å². The van der Waals surface area contributed by atoms with Gasteiger partial charge in [-0.1, -0.05) is 39.0 Å². The summed E-state index contributed by atoms with van der Waals surface area (Å²) < 4.78 is 5.71. The van der Waals surface area contributed by atoms with Crippen molar-refractivity contribution in [3.8, 4) is 5.75 Å². The van der Waals surface area contributed by atoms with Crippen LogP contribution < -0.4 is 4.74 Å². The van der Waals surface area contributed by atoms with E-state index in [1.807, 2.05) is 31.2 Å². The normalized spacial score (nSPS) is 12.8. The molecule has 0 saturated heterocycles. The summed E-state index contributed by atoms with van der Waals surface area (Å²) in [6.45, 7) is 7.03. The number of ether oxygens (including phenoxy) is 1. The first kappa shape index (κ1) is 13.0. The average Bonchev–Trinajstić information content (AvgIpc) is 2.28. The van der Waals surface area contributed by atoms with Crippen LogP contribution in [0.4, 0.5) is 0 Å². The third-order valence-electron chi connectivity index (χ3n) is 2.62. The lowest BCUT2D eigenvalue weighted by molar-refractivity contribution is 0.166. The standard InChI is InChI=1S/C14H22O2/c1-4-13(15)12-7-5-6-8-14(12)16-10-9-11(2)3/h5-8,11,13,15H,4,9-10H2,1-3H3. The number of para-hydroxylation sites is 1. The van der Waals surface area contributed by atoms with E-state index in [1.165, 1.54) is 0 Å². The lowest BCUT2D eigenvalue weighted by Crippen LogP contribution is -2.05. The smallest absolute Gasteiger partial charge is 0.125 e. The highest BCUT2D eigenvalue weighted by molar-refractivity contribution is 5.34. The van der Waals surface area contributed by atoms with Crippen molar-refractivity contribution in [1.29, 1.82) is 0 Å². The van der Waals surface area contributed by atoms with Crippen LogP contribution in [0.1, 0.15) is 45.3 Å². The van der Waals surface area contributed by atoms with Crippen molar-refractivity contribution in [3.05, 3.63) is 29.8 Å². The first-order valence-electron chi connectivity index (χ1n) is 6.05. The van der Waals surface area contributed by atoms with Gasteiger partial charge in [0.05, 0.1) is 12.7 Å². The molecule has 0 saturated carbocycles. The van der Waals surface area contributed by atoms with E-state index in [9.17, 15) is 5.11 Å². The predicted octanol–water partition coefficient (Wildman–Crippen LogP) is 3.55. The third kappa shape index (κ3) is 3.86. The van der Waals surface area contributed by atoms with E-state index < -0.39 is 6.10 Å². The van der Waals surface area contributed by atoms with Gasteiger partial charge in [0, 0.05) is 5.56 Å². The van der Waals surface area contributed by atoms with E-state index in [-0.39, 0.29) is 0 Å². The van der Waals surface area contributed by atoms with Crippen LogP contribution in [-0.2, 0) is 0 Å². The van der Waals surface area contributed by atoms with Gasteiger partial charge in [-0.15, -0.1) is 0 Å². The van der Waals surface area contributed by atoms with Crippen molar-refractivity contribution < 1.29 is 9.84 Å². The Morgan fingerprint density at radius 1 is 1.25 bits per heavy atom. The molecule has 0 spiro atoms. The van der Waals surface area contributed by atoms with Gasteiger partial charge in [-0.25, -0.2) is 0 Å². The molecule has 1 aromatic carbocycles. The molecule has 0 amide bonds. The van der Waals surface area contributed by atoms with E-state index >= 15 is 0 Å². The van der Waals surface area contributed by atoms with E-state index in [0.29, 0.717) is 18.9 Å². The van der Waals surface area contributed by atoms with Crippen LogP contribution >= 0.6 is 0 Å². The highest BCUT2D eigenvalue weighted by Gasteiger charge is 2.10. The zero-order chi connectivity index (χ0) is 12.0. The molecule has 0 aromatic heterocycles. The Morgan fingerprint density at radius 3 is 2.56 bits per heavy atom. The summed E-state index contributed by atoms with van der Waals surface area (Å²) in [5.74, 6) is 1.46. The second kappa shape index (κ2) is 6.54. The Bertz CT molecular complexity index is 307. The van der Waals surface area contributed by atoms with Crippen molar-refractivity contribution >= 4 is 0 Å². The zero-order valence-electron chi connectivity index (χ0n) is 10.4. The number of aliphatic hydroxyl groups is 1. The molecule has 0 aliphatic rings. The summed E-state index contributed by atoms with van der Waals surface area (Å²) in [5, 5.41) is 9.84. The highest BCUT2D eigenvalue weighted by Crippen LogP contribution is 2.27. The Morgan fingerprint density at radius 2 is 1.94 bits per heavy atom. The van der Waals surface area contributed by atoms with Crippen molar-refractivity contribution in [2.24, 2.45) is 5.92 Å². The Hall–Kier alpha value is -1.02. The summed E-state index contributed by atoms with van der Waals surface area (Å²) in [4.78, 5) is 0.